The van der Waals surface area contributed by atoms with E-state index in [9.17, 15) is 5.26 Å². The number of hydrogen-bond acceptors (Lipinski definition) is 6. The summed E-state index contributed by atoms with van der Waals surface area (Å²) in [6.45, 7) is 0.616. The van der Waals surface area contributed by atoms with Crippen LogP contribution in [0.15, 0.2) is 54.7 Å². The van der Waals surface area contributed by atoms with Crippen molar-refractivity contribution in [1.82, 2.24) is 10.2 Å². The topological polar surface area (TPSA) is 94.1 Å². The van der Waals surface area contributed by atoms with Crippen molar-refractivity contribution in [2.24, 2.45) is 5.73 Å². The molecule has 6 nitrogen and oxygen atoms in total. The Morgan fingerprint density at radius 2 is 1.87 bits per heavy atom. The van der Waals surface area contributed by atoms with E-state index in [4.69, 9.17) is 15.2 Å². The first-order valence-corrected chi connectivity index (χ1v) is 10.3. The predicted octanol–water partition coefficient (Wildman–Crippen LogP) is 4.63. The van der Waals surface area contributed by atoms with Crippen LogP contribution in [-0.2, 0) is 6.42 Å². The quantitative estimate of drug-likeness (QED) is 0.621. The van der Waals surface area contributed by atoms with Crippen molar-refractivity contribution in [3.8, 4) is 34.6 Å². The Morgan fingerprint density at radius 3 is 2.60 bits per heavy atom. The standard InChI is InChI=1S/C24H24N4O2/c25-12-11-17-5-8-19(9-6-17)22-10-7-18(15-26)13-23(22)29-21-14-24(28-27-16-21)30-20-3-1-2-4-20/h5-10,13-14,16,20H,1-4,11-12,25H2. The summed E-state index contributed by atoms with van der Waals surface area (Å²) in [5.41, 5.74) is 9.25. The van der Waals surface area contributed by atoms with Crippen LogP contribution in [0.4, 0.5) is 0 Å². The van der Waals surface area contributed by atoms with Crippen molar-refractivity contribution in [3.05, 3.63) is 65.9 Å². The maximum atomic E-state index is 9.33. The summed E-state index contributed by atoms with van der Waals surface area (Å²) in [4.78, 5) is 0. The van der Waals surface area contributed by atoms with Crippen LogP contribution in [0, 0.1) is 11.3 Å². The van der Waals surface area contributed by atoms with Crippen LogP contribution in [-0.4, -0.2) is 22.8 Å². The molecule has 0 aliphatic heterocycles. The zero-order chi connectivity index (χ0) is 20.8. The van der Waals surface area contributed by atoms with E-state index in [1.807, 2.05) is 18.2 Å². The largest absolute Gasteiger partial charge is 0.473 e. The molecule has 30 heavy (non-hydrogen) atoms. The molecule has 0 amide bonds. The van der Waals surface area contributed by atoms with Crippen molar-refractivity contribution in [2.45, 2.75) is 38.2 Å². The fraction of sp³-hybridized carbons (Fsp3) is 0.292. The molecular weight excluding hydrogens is 376 g/mol. The fourth-order valence-corrected chi connectivity index (χ4v) is 3.68. The SMILES string of the molecule is N#Cc1ccc(-c2ccc(CCN)cc2)c(Oc2cnnc(OC3CCCC3)c2)c1. The number of nitrogens with zero attached hydrogens (tertiary/aromatic N) is 3. The Balaban J connectivity index is 1.60. The Kier molecular flexibility index (Phi) is 6.21. The van der Waals surface area contributed by atoms with Crippen LogP contribution in [0.2, 0.25) is 0 Å². The monoisotopic (exact) mass is 400 g/mol. The van der Waals surface area contributed by atoms with Crippen molar-refractivity contribution >= 4 is 0 Å². The van der Waals surface area contributed by atoms with Gasteiger partial charge in [-0.15, -0.1) is 5.10 Å². The van der Waals surface area contributed by atoms with Gasteiger partial charge in [-0.1, -0.05) is 24.3 Å². The molecule has 1 aliphatic carbocycles. The third-order valence-corrected chi connectivity index (χ3v) is 5.23. The highest BCUT2D eigenvalue weighted by Crippen LogP contribution is 2.35. The van der Waals surface area contributed by atoms with E-state index in [-0.39, 0.29) is 6.10 Å². The molecule has 1 heterocycles. The third kappa shape index (κ3) is 4.76. The van der Waals surface area contributed by atoms with Gasteiger partial charge >= 0.3 is 0 Å². The molecule has 0 saturated heterocycles. The summed E-state index contributed by atoms with van der Waals surface area (Å²) in [6.07, 6.45) is 7.03. The van der Waals surface area contributed by atoms with Gasteiger partial charge in [-0.25, -0.2) is 0 Å². The van der Waals surface area contributed by atoms with Gasteiger partial charge in [0.05, 0.1) is 17.8 Å². The third-order valence-electron chi connectivity index (χ3n) is 5.23. The van der Waals surface area contributed by atoms with Gasteiger partial charge in [0.15, 0.2) is 5.75 Å². The van der Waals surface area contributed by atoms with Crippen LogP contribution >= 0.6 is 0 Å². The molecule has 2 N–H and O–H groups in total. The van der Waals surface area contributed by atoms with Gasteiger partial charge in [0, 0.05) is 11.6 Å². The van der Waals surface area contributed by atoms with Gasteiger partial charge in [0.25, 0.3) is 0 Å². The molecule has 0 atom stereocenters. The van der Waals surface area contributed by atoms with E-state index >= 15 is 0 Å². The van der Waals surface area contributed by atoms with Crippen LogP contribution in [0.1, 0.15) is 36.8 Å². The molecule has 0 unspecified atom stereocenters. The second-order valence-electron chi connectivity index (χ2n) is 7.41. The van der Waals surface area contributed by atoms with Gasteiger partial charge in [-0.2, -0.15) is 10.4 Å². The summed E-state index contributed by atoms with van der Waals surface area (Å²) in [6, 6.07) is 17.5. The van der Waals surface area contributed by atoms with E-state index in [1.165, 1.54) is 18.4 Å². The molecule has 1 aliphatic rings. The number of rotatable bonds is 7. The number of nitrogens with two attached hydrogens (primary N) is 1. The summed E-state index contributed by atoms with van der Waals surface area (Å²) in [7, 11) is 0. The summed E-state index contributed by atoms with van der Waals surface area (Å²) in [5.74, 6) is 1.57. The van der Waals surface area contributed by atoms with Gasteiger partial charge in [-0.05, 0) is 68.0 Å². The lowest BCUT2D eigenvalue weighted by Gasteiger charge is -2.14. The number of nitriles is 1. The Labute approximate surface area is 176 Å². The van der Waals surface area contributed by atoms with Crippen molar-refractivity contribution in [3.63, 3.8) is 0 Å². The van der Waals surface area contributed by atoms with Crippen LogP contribution in [0.5, 0.6) is 17.4 Å². The Bertz CT molecular complexity index is 1040. The summed E-state index contributed by atoms with van der Waals surface area (Å²) < 4.78 is 12.1. The average Bonchev–Trinajstić information content (AvgIpc) is 3.28. The highest BCUT2D eigenvalue weighted by Gasteiger charge is 2.18. The molecule has 3 aromatic rings. The normalized spacial score (nSPS) is 13.7. The van der Waals surface area contributed by atoms with E-state index in [0.29, 0.717) is 29.5 Å². The van der Waals surface area contributed by atoms with Crippen molar-refractivity contribution in [1.29, 1.82) is 5.26 Å². The van der Waals surface area contributed by atoms with E-state index < -0.39 is 0 Å². The highest BCUT2D eigenvalue weighted by atomic mass is 16.5. The zero-order valence-corrected chi connectivity index (χ0v) is 16.8. The van der Waals surface area contributed by atoms with Gasteiger partial charge in [-0.3, -0.25) is 0 Å². The van der Waals surface area contributed by atoms with Gasteiger partial charge < -0.3 is 15.2 Å². The van der Waals surface area contributed by atoms with Gasteiger partial charge in [0.2, 0.25) is 5.88 Å². The lowest BCUT2D eigenvalue weighted by molar-refractivity contribution is 0.198. The number of ether oxygens (including phenoxy) is 2. The lowest BCUT2D eigenvalue weighted by Crippen LogP contribution is -2.12. The Morgan fingerprint density at radius 1 is 1.07 bits per heavy atom. The minimum atomic E-state index is 0.194. The van der Waals surface area contributed by atoms with Crippen LogP contribution < -0.4 is 15.2 Å². The van der Waals surface area contributed by atoms with Gasteiger partial charge in [0.1, 0.15) is 11.9 Å². The fourth-order valence-electron chi connectivity index (χ4n) is 3.68. The zero-order valence-electron chi connectivity index (χ0n) is 16.8. The molecule has 1 fully saturated rings. The predicted molar refractivity (Wildman–Crippen MR) is 114 cm³/mol. The number of hydrogen-bond donors (Lipinski definition) is 1. The molecule has 2 aromatic carbocycles. The molecule has 152 valence electrons. The minimum absolute atomic E-state index is 0.194. The maximum absolute atomic E-state index is 9.33. The van der Waals surface area contributed by atoms with Crippen molar-refractivity contribution < 1.29 is 9.47 Å². The number of aromatic nitrogens is 2. The summed E-state index contributed by atoms with van der Waals surface area (Å²) in [5, 5.41) is 17.4. The molecule has 1 aromatic heterocycles. The first kappa shape index (κ1) is 19.9. The first-order valence-electron chi connectivity index (χ1n) is 10.3. The highest BCUT2D eigenvalue weighted by molar-refractivity contribution is 5.72. The first-order chi connectivity index (χ1) is 14.7. The van der Waals surface area contributed by atoms with Crippen molar-refractivity contribution in [2.75, 3.05) is 6.54 Å². The molecule has 0 bridgehead atoms. The molecule has 6 heteroatoms. The molecule has 0 radical (unpaired) electrons. The van der Waals surface area contributed by atoms with E-state index in [2.05, 4.69) is 28.4 Å². The average molecular weight is 400 g/mol. The molecule has 0 spiro atoms. The molecule has 1 saturated carbocycles. The second-order valence-corrected chi connectivity index (χ2v) is 7.41. The maximum Gasteiger partial charge on any atom is 0.237 e. The van der Waals surface area contributed by atoms with Crippen LogP contribution in [0.3, 0.4) is 0 Å². The Hall–Kier alpha value is -3.43. The minimum Gasteiger partial charge on any atom is -0.473 e. The van der Waals surface area contributed by atoms with E-state index in [0.717, 1.165) is 30.4 Å². The second kappa shape index (κ2) is 9.38. The summed E-state index contributed by atoms with van der Waals surface area (Å²) >= 11 is 0. The lowest BCUT2D eigenvalue weighted by atomic mass is 10.0. The van der Waals surface area contributed by atoms with E-state index in [1.54, 1.807) is 24.4 Å². The molecular formula is C24H24N4O2. The smallest absolute Gasteiger partial charge is 0.237 e. The number of benzene rings is 2. The molecule has 4 rings (SSSR count). The van der Waals surface area contributed by atoms with Crippen LogP contribution in [0.25, 0.3) is 11.1 Å².